The average molecular weight is 321 g/mol. The normalized spacial score (nSPS) is 18.5. The van der Waals surface area contributed by atoms with Crippen molar-refractivity contribution < 1.29 is 9.52 Å². The van der Waals surface area contributed by atoms with Crippen LogP contribution in [0.4, 0.5) is 0 Å². The molecular formula is C17H21ClN2O2. The molecule has 1 unspecified atom stereocenters. The second kappa shape index (κ2) is 6.41. The van der Waals surface area contributed by atoms with Crippen LogP contribution in [0.25, 0.3) is 11.3 Å². The van der Waals surface area contributed by atoms with Crippen LogP contribution in [0.15, 0.2) is 28.7 Å². The van der Waals surface area contributed by atoms with Crippen molar-refractivity contribution in [3.8, 4) is 11.3 Å². The summed E-state index contributed by atoms with van der Waals surface area (Å²) in [6, 6.07) is 7.72. The summed E-state index contributed by atoms with van der Waals surface area (Å²) in [5.74, 6) is 1.54. The molecule has 2 heterocycles. The van der Waals surface area contributed by atoms with E-state index < -0.39 is 0 Å². The minimum Gasteiger partial charge on any atom is -0.439 e. The van der Waals surface area contributed by atoms with Gasteiger partial charge in [-0.05, 0) is 51.0 Å². The number of likely N-dealkylation sites (tertiary alicyclic amines) is 1. The zero-order chi connectivity index (χ0) is 15.7. The molecule has 1 aliphatic heterocycles. The highest BCUT2D eigenvalue weighted by molar-refractivity contribution is 6.30. The van der Waals surface area contributed by atoms with Crippen LogP contribution in [-0.4, -0.2) is 34.2 Å². The van der Waals surface area contributed by atoms with Gasteiger partial charge < -0.3 is 9.52 Å². The standard InChI is InChI=1S/C17H21ClN2O2/c1-11-16(13-3-5-14(18)6-4-13)22-17(19-11)12(2)20-9-7-15(21)8-10-20/h3-6,12,15,21H,7-10H2,1-2H3. The Hall–Kier alpha value is -1.36. The van der Waals surface area contributed by atoms with Gasteiger partial charge in [0.25, 0.3) is 0 Å². The number of halogens is 1. The molecule has 1 fully saturated rings. The van der Waals surface area contributed by atoms with Gasteiger partial charge in [-0.15, -0.1) is 0 Å². The van der Waals surface area contributed by atoms with Crippen molar-refractivity contribution in [1.82, 2.24) is 9.88 Å². The van der Waals surface area contributed by atoms with E-state index in [9.17, 15) is 5.11 Å². The second-order valence-corrected chi connectivity index (χ2v) is 6.35. The number of hydrogen-bond acceptors (Lipinski definition) is 4. The van der Waals surface area contributed by atoms with Crippen molar-refractivity contribution >= 4 is 11.6 Å². The van der Waals surface area contributed by atoms with Crippen molar-refractivity contribution in [2.24, 2.45) is 0 Å². The zero-order valence-corrected chi connectivity index (χ0v) is 13.7. The number of oxazole rings is 1. The summed E-state index contributed by atoms with van der Waals surface area (Å²) in [5, 5.41) is 10.3. The van der Waals surface area contributed by atoms with E-state index in [-0.39, 0.29) is 12.1 Å². The third-order valence-corrected chi connectivity index (χ3v) is 4.58. The molecule has 0 aliphatic carbocycles. The predicted molar refractivity (Wildman–Crippen MR) is 86.9 cm³/mol. The maximum absolute atomic E-state index is 9.62. The predicted octanol–water partition coefficient (Wildman–Crippen LogP) is 3.82. The van der Waals surface area contributed by atoms with Crippen LogP contribution in [0.5, 0.6) is 0 Å². The minimum absolute atomic E-state index is 0.118. The molecule has 1 aliphatic rings. The molecule has 1 aromatic carbocycles. The summed E-state index contributed by atoms with van der Waals surface area (Å²) in [4.78, 5) is 6.91. The van der Waals surface area contributed by atoms with Crippen LogP contribution in [0.3, 0.4) is 0 Å². The van der Waals surface area contributed by atoms with Gasteiger partial charge in [-0.1, -0.05) is 11.6 Å². The van der Waals surface area contributed by atoms with E-state index in [2.05, 4.69) is 16.8 Å². The van der Waals surface area contributed by atoms with Crippen LogP contribution in [0.2, 0.25) is 5.02 Å². The van der Waals surface area contributed by atoms with Gasteiger partial charge >= 0.3 is 0 Å². The molecule has 0 radical (unpaired) electrons. The maximum atomic E-state index is 9.62. The third-order valence-electron chi connectivity index (χ3n) is 4.32. The summed E-state index contributed by atoms with van der Waals surface area (Å²) < 4.78 is 6.02. The number of aromatic nitrogens is 1. The Bertz CT molecular complexity index is 631. The largest absolute Gasteiger partial charge is 0.439 e. The van der Waals surface area contributed by atoms with Crippen molar-refractivity contribution in [2.45, 2.75) is 38.8 Å². The summed E-state index contributed by atoms with van der Waals surface area (Å²) in [7, 11) is 0. The van der Waals surface area contributed by atoms with Gasteiger partial charge in [-0.3, -0.25) is 4.90 Å². The van der Waals surface area contributed by atoms with E-state index in [1.807, 2.05) is 31.2 Å². The van der Waals surface area contributed by atoms with E-state index in [1.165, 1.54) is 0 Å². The van der Waals surface area contributed by atoms with E-state index in [1.54, 1.807) is 0 Å². The first kappa shape index (κ1) is 15.5. The van der Waals surface area contributed by atoms with Crippen molar-refractivity contribution in [3.05, 3.63) is 40.9 Å². The van der Waals surface area contributed by atoms with Gasteiger partial charge in [0.2, 0.25) is 5.89 Å². The number of aryl methyl sites for hydroxylation is 1. The highest BCUT2D eigenvalue weighted by Crippen LogP contribution is 2.30. The van der Waals surface area contributed by atoms with Gasteiger partial charge in [-0.2, -0.15) is 0 Å². The average Bonchev–Trinajstić information content (AvgIpc) is 2.90. The molecule has 1 saturated heterocycles. The molecule has 0 bridgehead atoms. The first-order valence-electron chi connectivity index (χ1n) is 7.70. The molecule has 2 aromatic rings. The third kappa shape index (κ3) is 3.19. The summed E-state index contributed by atoms with van der Waals surface area (Å²) in [6.07, 6.45) is 1.46. The Morgan fingerprint density at radius 3 is 2.55 bits per heavy atom. The number of rotatable bonds is 3. The van der Waals surface area contributed by atoms with Gasteiger partial charge in [0, 0.05) is 23.7 Å². The lowest BCUT2D eigenvalue weighted by Gasteiger charge is -2.32. The van der Waals surface area contributed by atoms with Crippen molar-refractivity contribution in [1.29, 1.82) is 0 Å². The SMILES string of the molecule is Cc1nc(C(C)N2CCC(O)CC2)oc1-c1ccc(Cl)cc1. The Labute approximate surface area is 135 Å². The fourth-order valence-electron chi connectivity index (χ4n) is 2.89. The Morgan fingerprint density at radius 1 is 1.27 bits per heavy atom. The minimum atomic E-state index is -0.167. The highest BCUT2D eigenvalue weighted by atomic mass is 35.5. The molecule has 5 heteroatoms. The molecule has 22 heavy (non-hydrogen) atoms. The molecule has 118 valence electrons. The first-order chi connectivity index (χ1) is 10.5. The summed E-state index contributed by atoms with van der Waals surface area (Å²) in [6.45, 7) is 5.82. The van der Waals surface area contributed by atoms with Crippen LogP contribution in [0, 0.1) is 6.92 Å². The molecule has 4 nitrogen and oxygen atoms in total. The van der Waals surface area contributed by atoms with Crippen LogP contribution in [0.1, 0.15) is 37.4 Å². The quantitative estimate of drug-likeness (QED) is 0.934. The van der Waals surface area contributed by atoms with Crippen LogP contribution >= 0.6 is 11.6 Å². The Kier molecular flexibility index (Phi) is 4.52. The van der Waals surface area contributed by atoms with E-state index in [0.29, 0.717) is 5.02 Å². The van der Waals surface area contributed by atoms with Crippen LogP contribution < -0.4 is 0 Å². The molecular weight excluding hydrogens is 300 g/mol. The molecule has 0 amide bonds. The van der Waals surface area contributed by atoms with Crippen molar-refractivity contribution in [2.75, 3.05) is 13.1 Å². The number of aliphatic hydroxyl groups is 1. The number of piperidine rings is 1. The van der Waals surface area contributed by atoms with Gasteiger partial charge in [0.05, 0.1) is 17.8 Å². The topological polar surface area (TPSA) is 49.5 Å². The number of hydrogen-bond donors (Lipinski definition) is 1. The monoisotopic (exact) mass is 320 g/mol. The number of aliphatic hydroxyl groups excluding tert-OH is 1. The number of nitrogens with zero attached hydrogens (tertiary/aromatic N) is 2. The fraction of sp³-hybridized carbons (Fsp3) is 0.471. The molecule has 1 N–H and O–H groups in total. The zero-order valence-electron chi connectivity index (χ0n) is 12.9. The lowest BCUT2D eigenvalue weighted by molar-refractivity contribution is 0.0582. The molecule has 1 aromatic heterocycles. The Morgan fingerprint density at radius 2 is 1.91 bits per heavy atom. The first-order valence-corrected chi connectivity index (χ1v) is 8.08. The van der Waals surface area contributed by atoms with Crippen molar-refractivity contribution in [3.63, 3.8) is 0 Å². The fourth-order valence-corrected chi connectivity index (χ4v) is 3.02. The summed E-state index contributed by atoms with van der Waals surface area (Å²) in [5.41, 5.74) is 1.88. The van der Waals surface area contributed by atoms with Crippen LogP contribution in [-0.2, 0) is 0 Å². The van der Waals surface area contributed by atoms with E-state index in [4.69, 9.17) is 16.0 Å². The van der Waals surface area contributed by atoms with Gasteiger partial charge in [0.1, 0.15) is 0 Å². The van der Waals surface area contributed by atoms with Gasteiger partial charge in [-0.25, -0.2) is 4.98 Å². The lowest BCUT2D eigenvalue weighted by Crippen LogP contribution is -2.37. The lowest BCUT2D eigenvalue weighted by atomic mass is 10.1. The maximum Gasteiger partial charge on any atom is 0.212 e. The highest BCUT2D eigenvalue weighted by Gasteiger charge is 2.26. The molecule has 0 saturated carbocycles. The van der Waals surface area contributed by atoms with Gasteiger partial charge in [0.15, 0.2) is 5.76 Å². The second-order valence-electron chi connectivity index (χ2n) is 5.92. The van der Waals surface area contributed by atoms with E-state index in [0.717, 1.165) is 48.8 Å². The smallest absolute Gasteiger partial charge is 0.212 e. The molecule has 3 rings (SSSR count). The summed E-state index contributed by atoms with van der Waals surface area (Å²) >= 11 is 5.93. The van der Waals surface area contributed by atoms with E-state index >= 15 is 0 Å². The number of benzene rings is 1. The molecule has 1 atom stereocenters. The molecule has 0 spiro atoms. The Balaban J connectivity index is 1.81.